The van der Waals surface area contributed by atoms with Crippen molar-refractivity contribution in [2.24, 2.45) is 5.92 Å². The van der Waals surface area contributed by atoms with E-state index in [9.17, 15) is 24.0 Å². The number of nitrogens with one attached hydrogen (secondary N) is 2. The van der Waals surface area contributed by atoms with Crippen LogP contribution < -0.4 is 10.6 Å². The summed E-state index contributed by atoms with van der Waals surface area (Å²) in [4.78, 5) is 23.6. The third kappa shape index (κ3) is 6.56. The maximum Gasteiger partial charge on any atom is 0.475 e. The summed E-state index contributed by atoms with van der Waals surface area (Å²) in [6.45, 7) is 3.32. The van der Waals surface area contributed by atoms with Crippen molar-refractivity contribution in [3.8, 4) is 0 Å². The summed E-state index contributed by atoms with van der Waals surface area (Å²) in [6.07, 6.45) is 0.364. The van der Waals surface area contributed by atoms with E-state index in [2.05, 4.69) is 10.6 Å². The summed E-state index contributed by atoms with van der Waals surface area (Å²) >= 11 is 5.59. The van der Waals surface area contributed by atoms with Gasteiger partial charge in [0.1, 0.15) is 5.82 Å². The Labute approximate surface area is 139 Å². The van der Waals surface area contributed by atoms with Gasteiger partial charge < -0.3 is 20.7 Å². The first-order valence-corrected chi connectivity index (χ1v) is 7.47. The van der Waals surface area contributed by atoms with Crippen molar-refractivity contribution in [3.05, 3.63) is 34.6 Å². The lowest BCUT2D eigenvalue weighted by atomic mass is 9.75. The van der Waals surface area contributed by atoms with Gasteiger partial charge in [-0.3, -0.25) is 9.59 Å². The normalized spacial score (nSPS) is 12.0. The zero-order valence-electron chi connectivity index (χ0n) is 12.8. The van der Waals surface area contributed by atoms with Crippen LogP contribution in [0.2, 0.25) is 5.02 Å². The first-order chi connectivity index (χ1) is 10.7. The summed E-state index contributed by atoms with van der Waals surface area (Å²) < 4.78 is 13.6. The molecule has 0 saturated carbocycles. The average molecular weight is 345 g/mol. The Kier molecular flexibility index (Phi) is 7.47. The Morgan fingerprint density at radius 1 is 1.35 bits per heavy atom. The van der Waals surface area contributed by atoms with Gasteiger partial charge in [-0.2, -0.15) is 0 Å². The Hall–Kier alpha value is -1.64. The average Bonchev–Trinajstić information content (AvgIpc) is 2.43. The van der Waals surface area contributed by atoms with E-state index in [-0.39, 0.29) is 16.5 Å². The highest BCUT2D eigenvalue weighted by Crippen LogP contribution is 2.14. The number of amides is 2. The predicted molar refractivity (Wildman–Crippen MR) is 85.3 cm³/mol. The summed E-state index contributed by atoms with van der Waals surface area (Å²) in [5, 5.41) is 23.3. The number of halogens is 2. The van der Waals surface area contributed by atoms with Crippen molar-refractivity contribution in [3.63, 3.8) is 0 Å². The smallest absolute Gasteiger partial charge is 0.426 e. The Bertz CT molecular complexity index is 572. The molecule has 0 fully saturated rings. The maximum absolute atomic E-state index is 13.6. The third-order valence-corrected chi connectivity index (χ3v) is 3.25. The number of carbonyl (C=O) groups is 2. The van der Waals surface area contributed by atoms with E-state index in [0.717, 1.165) is 6.07 Å². The third-order valence-electron chi connectivity index (χ3n) is 3.02. The first-order valence-electron chi connectivity index (χ1n) is 7.09. The lowest BCUT2D eigenvalue weighted by Gasteiger charge is -2.19. The molecule has 0 unspecified atom stereocenters. The van der Waals surface area contributed by atoms with Crippen molar-refractivity contribution in [1.82, 2.24) is 10.6 Å². The number of benzene rings is 1. The highest BCUT2D eigenvalue weighted by atomic mass is 35.5. The van der Waals surface area contributed by atoms with Gasteiger partial charge in [0.25, 0.3) is 5.91 Å². The van der Waals surface area contributed by atoms with E-state index in [1.807, 2.05) is 13.8 Å². The van der Waals surface area contributed by atoms with Crippen LogP contribution in [0.25, 0.3) is 0 Å². The second kappa shape index (κ2) is 8.86. The Balaban J connectivity index is 2.56. The molecule has 23 heavy (non-hydrogen) atoms. The largest absolute Gasteiger partial charge is 0.475 e. The zero-order chi connectivity index (χ0) is 17.6. The Morgan fingerprint density at radius 2 is 2.00 bits per heavy atom. The minimum atomic E-state index is -1.70. The molecule has 0 radical (unpaired) electrons. The van der Waals surface area contributed by atoms with Gasteiger partial charge in [-0.25, -0.2) is 4.39 Å². The molecule has 4 N–H and O–H groups in total. The van der Waals surface area contributed by atoms with Crippen molar-refractivity contribution < 1.29 is 24.0 Å². The maximum atomic E-state index is 13.6. The van der Waals surface area contributed by atoms with Gasteiger partial charge in [0.15, 0.2) is 0 Å². The molecule has 0 spiro atoms. The molecule has 126 valence electrons. The predicted octanol–water partition coefficient (Wildman–Crippen LogP) is 0.752. The summed E-state index contributed by atoms with van der Waals surface area (Å²) in [5.41, 5.74) is -0.233. The van der Waals surface area contributed by atoms with E-state index >= 15 is 0 Å². The van der Waals surface area contributed by atoms with Crippen LogP contribution in [0.1, 0.15) is 30.6 Å². The van der Waals surface area contributed by atoms with Gasteiger partial charge in [0.2, 0.25) is 5.91 Å². The molecule has 6 nitrogen and oxygen atoms in total. The van der Waals surface area contributed by atoms with Crippen molar-refractivity contribution >= 4 is 30.5 Å². The molecule has 9 heteroatoms. The molecule has 0 aliphatic rings. The zero-order valence-corrected chi connectivity index (χ0v) is 13.6. The Morgan fingerprint density at radius 3 is 2.52 bits per heavy atom. The fourth-order valence-corrected chi connectivity index (χ4v) is 2.11. The molecule has 1 rings (SSSR count). The summed E-state index contributed by atoms with van der Waals surface area (Å²) in [6, 6.07) is 3.57. The summed E-state index contributed by atoms with van der Waals surface area (Å²) in [5.74, 6) is -2.86. The van der Waals surface area contributed by atoms with E-state index in [4.69, 9.17) is 11.6 Å². The van der Waals surface area contributed by atoms with Gasteiger partial charge >= 0.3 is 7.12 Å². The number of hydrogen-bond donors (Lipinski definition) is 4. The topological polar surface area (TPSA) is 98.7 Å². The molecule has 0 heterocycles. The van der Waals surface area contributed by atoms with E-state index in [1.54, 1.807) is 0 Å². The van der Waals surface area contributed by atoms with Crippen molar-refractivity contribution in [1.29, 1.82) is 0 Å². The van der Waals surface area contributed by atoms with Crippen LogP contribution in [-0.4, -0.2) is 41.5 Å². The summed E-state index contributed by atoms with van der Waals surface area (Å²) in [7, 11) is -1.70. The van der Waals surface area contributed by atoms with Crippen LogP contribution in [0.4, 0.5) is 4.39 Å². The number of carbonyl (C=O) groups excluding carboxylic acids is 2. The molecule has 1 aromatic carbocycles. The lowest BCUT2D eigenvalue weighted by Crippen LogP contribution is -2.50. The fraction of sp³-hybridized carbons (Fsp3) is 0.429. The lowest BCUT2D eigenvalue weighted by molar-refractivity contribution is -0.120. The van der Waals surface area contributed by atoms with Gasteiger partial charge in [0, 0.05) is 5.02 Å². The minimum absolute atomic E-state index is 0.139. The molecule has 1 atom stereocenters. The van der Waals surface area contributed by atoms with Gasteiger partial charge in [-0.15, -0.1) is 0 Å². The van der Waals surface area contributed by atoms with Crippen molar-refractivity contribution in [2.45, 2.75) is 26.2 Å². The molecule has 0 aliphatic carbocycles. The van der Waals surface area contributed by atoms with Crippen LogP contribution in [0.3, 0.4) is 0 Å². The van der Waals surface area contributed by atoms with Crippen LogP contribution in [0, 0.1) is 11.7 Å². The molecule has 2 amide bonds. The molecule has 0 saturated heterocycles. The highest BCUT2D eigenvalue weighted by Gasteiger charge is 2.26. The van der Waals surface area contributed by atoms with Gasteiger partial charge in [-0.05, 0) is 30.5 Å². The molecule has 1 aromatic rings. The van der Waals surface area contributed by atoms with E-state index in [0.29, 0.717) is 6.42 Å². The van der Waals surface area contributed by atoms with Crippen LogP contribution >= 0.6 is 11.6 Å². The van der Waals surface area contributed by atoms with Crippen LogP contribution in [0.5, 0.6) is 0 Å². The highest BCUT2D eigenvalue weighted by molar-refractivity contribution is 6.43. The second-order valence-corrected chi connectivity index (χ2v) is 5.96. The molecular formula is C14H19BClFN2O4. The van der Waals surface area contributed by atoms with Crippen molar-refractivity contribution in [2.75, 3.05) is 6.54 Å². The van der Waals surface area contributed by atoms with Gasteiger partial charge in [0.05, 0.1) is 18.0 Å². The van der Waals surface area contributed by atoms with Gasteiger partial charge in [-0.1, -0.05) is 25.4 Å². The number of hydrogen-bond acceptors (Lipinski definition) is 4. The van der Waals surface area contributed by atoms with Crippen LogP contribution in [-0.2, 0) is 4.79 Å². The SMILES string of the molecule is CC(C)C[C@H](NC(=O)CNC(=O)c1ccc(Cl)cc1F)B(O)O. The molecular weight excluding hydrogens is 325 g/mol. The monoisotopic (exact) mass is 344 g/mol. The first kappa shape index (κ1) is 19.4. The molecule has 0 aromatic heterocycles. The quantitative estimate of drug-likeness (QED) is 0.549. The minimum Gasteiger partial charge on any atom is -0.426 e. The fourth-order valence-electron chi connectivity index (χ4n) is 1.95. The number of rotatable bonds is 7. The second-order valence-electron chi connectivity index (χ2n) is 5.52. The van der Waals surface area contributed by atoms with Crippen LogP contribution in [0.15, 0.2) is 18.2 Å². The van der Waals surface area contributed by atoms with E-state index in [1.165, 1.54) is 12.1 Å². The van der Waals surface area contributed by atoms with E-state index < -0.39 is 37.2 Å². The molecule has 0 bridgehead atoms. The molecule has 0 aliphatic heterocycles. The standard InChI is InChI=1S/C14H19BClFN2O4/c1-8(2)5-12(15(22)23)19-13(20)7-18-14(21)10-4-3-9(16)6-11(10)17/h3-4,6,8,12,22-23H,5,7H2,1-2H3,(H,18,21)(H,19,20)/t12-/m0/s1.